The van der Waals surface area contributed by atoms with Crippen LogP contribution in [0, 0.1) is 5.92 Å². The average Bonchev–Trinajstić information content (AvgIpc) is 3.52. The van der Waals surface area contributed by atoms with Crippen LogP contribution in [0.25, 0.3) is 11.3 Å². The summed E-state index contributed by atoms with van der Waals surface area (Å²) in [4.78, 5) is 17.0. The van der Waals surface area contributed by atoms with Crippen molar-refractivity contribution in [3.05, 3.63) is 29.6 Å². The summed E-state index contributed by atoms with van der Waals surface area (Å²) in [5, 5.41) is 5.39. The van der Waals surface area contributed by atoms with E-state index < -0.39 is 10.0 Å². The second-order valence-corrected chi connectivity index (χ2v) is 9.94. The number of carbonyl (C=O) groups excluding carboxylic acids is 1. The van der Waals surface area contributed by atoms with E-state index in [2.05, 4.69) is 10.3 Å². The van der Waals surface area contributed by atoms with Gasteiger partial charge in [0, 0.05) is 30.0 Å². The molecule has 1 saturated heterocycles. The minimum absolute atomic E-state index is 0.0560. The van der Waals surface area contributed by atoms with Gasteiger partial charge in [-0.1, -0.05) is 38.8 Å². The number of aromatic nitrogens is 1. The van der Waals surface area contributed by atoms with E-state index in [1.54, 1.807) is 28.6 Å². The average molecular weight is 436 g/mol. The van der Waals surface area contributed by atoms with E-state index in [0.717, 1.165) is 49.8 Å². The van der Waals surface area contributed by atoms with Crippen LogP contribution in [-0.2, 0) is 14.8 Å². The smallest absolute Gasteiger partial charge is 0.243 e. The molecule has 1 amide bonds. The fraction of sp³-hybridized carbons (Fsp3) is 0.524. The fourth-order valence-corrected chi connectivity index (χ4v) is 5.97. The molecule has 158 valence electrons. The summed E-state index contributed by atoms with van der Waals surface area (Å²) < 4.78 is 26.7. The van der Waals surface area contributed by atoms with Crippen LogP contribution in [0.3, 0.4) is 0 Å². The first-order valence-corrected chi connectivity index (χ1v) is 12.7. The zero-order valence-electron chi connectivity index (χ0n) is 17.1. The summed E-state index contributed by atoms with van der Waals surface area (Å²) in [6, 6.07) is 6.83. The predicted molar refractivity (Wildman–Crippen MR) is 117 cm³/mol. The largest absolute Gasteiger partial charge is 0.302 e. The van der Waals surface area contributed by atoms with Gasteiger partial charge in [0.1, 0.15) is 0 Å². The summed E-state index contributed by atoms with van der Waals surface area (Å²) in [5.41, 5.74) is 1.58. The number of amides is 1. The molecule has 1 aliphatic carbocycles. The molecule has 2 aromatic rings. The highest BCUT2D eigenvalue weighted by Gasteiger charge is 2.27. The number of hydrogen-bond donors (Lipinski definition) is 1. The van der Waals surface area contributed by atoms with E-state index in [1.807, 2.05) is 19.2 Å². The standard InChI is InChI=1S/C19H23N3O3S2.C2H6/c23-18(15-5-1-2-6-15)21-19-20-17(13-26-19)14-7-9-16(10-8-14)27(24,25)22-11-3-4-12-22;1-2/h7-10,13,15H,1-6,11-12H2,(H,20,21,23);1-2H3. The van der Waals surface area contributed by atoms with Crippen LogP contribution in [0.4, 0.5) is 5.13 Å². The van der Waals surface area contributed by atoms with Crippen LogP contribution in [0.1, 0.15) is 52.4 Å². The van der Waals surface area contributed by atoms with Gasteiger partial charge < -0.3 is 5.32 Å². The van der Waals surface area contributed by atoms with Crippen molar-refractivity contribution in [2.24, 2.45) is 5.92 Å². The Bertz CT molecular complexity index is 911. The van der Waals surface area contributed by atoms with Crippen LogP contribution >= 0.6 is 11.3 Å². The van der Waals surface area contributed by atoms with Gasteiger partial charge in [0.05, 0.1) is 10.6 Å². The molecule has 2 fully saturated rings. The first-order valence-electron chi connectivity index (χ1n) is 10.4. The van der Waals surface area contributed by atoms with Crippen molar-refractivity contribution in [2.45, 2.75) is 57.3 Å². The molecule has 0 radical (unpaired) electrons. The molecule has 29 heavy (non-hydrogen) atoms. The van der Waals surface area contributed by atoms with Crippen molar-refractivity contribution in [1.29, 1.82) is 0 Å². The third-order valence-corrected chi connectivity index (χ3v) is 7.98. The lowest BCUT2D eigenvalue weighted by Gasteiger charge is -2.15. The van der Waals surface area contributed by atoms with E-state index in [-0.39, 0.29) is 11.8 Å². The number of anilines is 1. The highest BCUT2D eigenvalue weighted by Crippen LogP contribution is 2.29. The molecule has 1 aromatic heterocycles. The number of rotatable bonds is 5. The van der Waals surface area contributed by atoms with Crippen molar-refractivity contribution >= 4 is 32.4 Å². The summed E-state index contributed by atoms with van der Waals surface area (Å²) in [6.45, 7) is 5.19. The molecular weight excluding hydrogens is 406 g/mol. The lowest BCUT2D eigenvalue weighted by molar-refractivity contribution is -0.119. The van der Waals surface area contributed by atoms with Gasteiger partial charge >= 0.3 is 0 Å². The molecule has 2 aliphatic rings. The number of thiazole rings is 1. The van der Waals surface area contributed by atoms with Crippen molar-refractivity contribution in [2.75, 3.05) is 18.4 Å². The number of nitrogens with zero attached hydrogens (tertiary/aromatic N) is 2. The van der Waals surface area contributed by atoms with Crippen LogP contribution in [0.2, 0.25) is 0 Å². The Hall–Kier alpha value is -1.77. The first kappa shape index (κ1) is 21.9. The minimum atomic E-state index is -3.40. The zero-order valence-corrected chi connectivity index (χ0v) is 18.7. The minimum Gasteiger partial charge on any atom is -0.302 e. The Kier molecular flexibility index (Phi) is 7.43. The van der Waals surface area contributed by atoms with Crippen LogP contribution < -0.4 is 5.32 Å². The molecule has 0 atom stereocenters. The highest BCUT2D eigenvalue weighted by molar-refractivity contribution is 7.89. The molecule has 6 nitrogen and oxygen atoms in total. The summed E-state index contributed by atoms with van der Waals surface area (Å²) in [6.07, 6.45) is 5.99. The van der Waals surface area contributed by atoms with Gasteiger partial charge in [-0.3, -0.25) is 4.79 Å². The normalized spacial score (nSPS) is 17.7. The van der Waals surface area contributed by atoms with Crippen molar-refractivity contribution in [3.63, 3.8) is 0 Å². The van der Waals surface area contributed by atoms with Gasteiger partial charge in [-0.2, -0.15) is 4.31 Å². The van der Waals surface area contributed by atoms with Gasteiger partial charge in [-0.25, -0.2) is 13.4 Å². The maximum Gasteiger partial charge on any atom is 0.243 e. The first-order chi connectivity index (χ1) is 14.0. The lowest BCUT2D eigenvalue weighted by atomic mass is 10.1. The van der Waals surface area contributed by atoms with E-state index in [1.165, 1.54) is 11.3 Å². The number of hydrogen-bond acceptors (Lipinski definition) is 5. The Morgan fingerprint density at radius 2 is 1.69 bits per heavy atom. The Morgan fingerprint density at radius 1 is 1.07 bits per heavy atom. The molecule has 1 aliphatic heterocycles. The SMILES string of the molecule is CC.O=C(Nc1nc(-c2ccc(S(=O)(=O)N3CCCC3)cc2)cs1)C1CCCC1. The van der Waals surface area contributed by atoms with Gasteiger partial charge in [-0.05, 0) is 37.8 Å². The molecule has 1 N–H and O–H groups in total. The van der Waals surface area contributed by atoms with Crippen molar-refractivity contribution in [3.8, 4) is 11.3 Å². The molecule has 1 aromatic carbocycles. The molecule has 0 bridgehead atoms. The van der Waals surface area contributed by atoms with Crippen molar-refractivity contribution < 1.29 is 13.2 Å². The van der Waals surface area contributed by atoms with E-state index in [0.29, 0.717) is 23.1 Å². The molecule has 0 unspecified atom stereocenters. The van der Waals surface area contributed by atoms with Crippen LogP contribution in [0.15, 0.2) is 34.5 Å². The number of carbonyl (C=O) groups is 1. The van der Waals surface area contributed by atoms with Gasteiger partial charge in [0.2, 0.25) is 15.9 Å². The number of nitrogens with one attached hydrogen (secondary N) is 1. The molecule has 8 heteroatoms. The monoisotopic (exact) mass is 435 g/mol. The highest BCUT2D eigenvalue weighted by atomic mass is 32.2. The Labute approximate surface area is 177 Å². The van der Waals surface area contributed by atoms with Crippen molar-refractivity contribution in [1.82, 2.24) is 9.29 Å². The third-order valence-electron chi connectivity index (χ3n) is 5.31. The molecule has 2 heterocycles. The second-order valence-electron chi connectivity index (χ2n) is 7.14. The number of benzene rings is 1. The van der Waals surface area contributed by atoms with E-state index >= 15 is 0 Å². The third kappa shape index (κ3) is 5.05. The zero-order chi connectivity index (χ0) is 20.9. The Morgan fingerprint density at radius 3 is 2.31 bits per heavy atom. The summed E-state index contributed by atoms with van der Waals surface area (Å²) in [5.74, 6) is 0.160. The van der Waals surface area contributed by atoms with E-state index in [4.69, 9.17) is 0 Å². The van der Waals surface area contributed by atoms with Gasteiger partial charge in [0.15, 0.2) is 5.13 Å². The maximum atomic E-state index is 12.6. The van der Waals surface area contributed by atoms with E-state index in [9.17, 15) is 13.2 Å². The summed E-state index contributed by atoms with van der Waals surface area (Å²) >= 11 is 1.39. The molecule has 4 rings (SSSR count). The van der Waals surface area contributed by atoms with Gasteiger partial charge in [0.25, 0.3) is 0 Å². The molecule has 0 spiro atoms. The Balaban J connectivity index is 0.00000117. The number of sulfonamides is 1. The summed E-state index contributed by atoms with van der Waals surface area (Å²) in [7, 11) is -3.40. The topological polar surface area (TPSA) is 79.4 Å². The molecular formula is C21H29N3O3S2. The van der Waals surface area contributed by atoms with Crippen LogP contribution in [-0.4, -0.2) is 36.7 Å². The lowest BCUT2D eigenvalue weighted by Crippen LogP contribution is -2.27. The maximum absolute atomic E-state index is 12.6. The predicted octanol–water partition coefficient (Wildman–Crippen LogP) is 4.75. The molecule has 1 saturated carbocycles. The van der Waals surface area contributed by atoms with Crippen LogP contribution in [0.5, 0.6) is 0 Å². The van der Waals surface area contributed by atoms with Gasteiger partial charge in [-0.15, -0.1) is 11.3 Å². The second kappa shape index (κ2) is 9.82. The quantitative estimate of drug-likeness (QED) is 0.735. The fourth-order valence-electron chi connectivity index (χ4n) is 3.73.